The summed E-state index contributed by atoms with van der Waals surface area (Å²) in [4.78, 5) is 17.0. The Kier molecular flexibility index (Phi) is 7.26. The number of benzene rings is 3. The Morgan fingerprint density at radius 3 is 2.39 bits per heavy atom. The molecule has 1 N–H and O–H groups in total. The van der Waals surface area contributed by atoms with Crippen molar-refractivity contribution in [2.45, 2.75) is 26.4 Å². The lowest BCUT2D eigenvalue weighted by atomic mass is 9.97. The van der Waals surface area contributed by atoms with Crippen LogP contribution in [0.1, 0.15) is 39.0 Å². The topological polar surface area (TPSA) is 35.6 Å². The fraction of sp³-hybridized carbons (Fsp3) is 0.276. The van der Waals surface area contributed by atoms with E-state index in [0.29, 0.717) is 12.1 Å². The number of amides is 1. The lowest BCUT2D eigenvalue weighted by molar-refractivity contribution is 0.0951. The Balaban J connectivity index is 1.33. The molecule has 0 aromatic heterocycles. The highest BCUT2D eigenvalue weighted by Crippen LogP contribution is 2.24. The summed E-state index contributed by atoms with van der Waals surface area (Å²) >= 11 is 0. The molecule has 0 saturated carbocycles. The summed E-state index contributed by atoms with van der Waals surface area (Å²) < 4.78 is 0. The molecule has 0 unspecified atom stereocenters. The quantitative estimate of drug-likeness (QED) is 0.544. The Morgan fingerprint density at radius 2 is 1.73 bits per heavy atom. The van der Waals surface area contributed by atoms with Crippen LogP contribution >= 0.6 is 0 Å². The molecule has 0 aliphatic carbocycles. The third-order valence-corrected chi connectivity index (χ3v) is 6.22. The van der Waals surface area contributed by atoms with Crippen molar-refractivity contribution in [3.8, 4) is 0 Å². The molecule has 0 atom stereocenters. The minimum atomic E-state index is -0.0356. The fourth-order valence-corrected chi connectivity index (χ4v) is 4.15. The van der Waals surface area contributed by atoms with Gasteiger partial charge in [-0.05, 0) is 65.9 Å². The zero-order valence-electron chi connectivity index (χ0n) is 19.8. The maximum Gasteiger partial charge on any atom is 0.251 e. The zero-order valence-corrected chi connectivity index (χ0v) is 19.8. The van der Waals surface area contributed by atoms with E-state index in [-0.39, 0.29) is 5.91 Å². The molecule has 4 rings (SSSR count). The van der Waals surface area contributed by atoms with Gasteiger partial charge < -0.3 is 10.2 Å². The summed E-state index contributed by atoms with van der Waals surface area (Å²) in [5, 5.41) is 3.04. The van der Waals surface area contributed by atoms with Crippen LogP contribution in [0.4, 0.5) is 5.69 Å². The van der Waals surface area contributed by atoms with Crippen LogP contribution in [0.5, 0.6) is 0 Å². The lowest BCUT2D eigenvalue weighted by Crippen LogP contribution is -2.28. The molecule has 0 saturated heterocycles. The van der Waals surface area contributed by atoms with E-state index in [1.54, 1.807) is 0 Å². The first-order valence-corrected chi connectivity index (χ1v) is 11.6. The highest BCUT2D eigenvalue weighted by molar-refractivity contribution is 5.94. The number of rotatable bonds is 7. The summed E-state index contributed by atoms with van der Waals surface area (Å²) in [6.45, 7) is 5.54. The van der Waals surface area contributed by atoms with Crippen LogP contribution in [0, 0.1) is 6.92 Å². The Morgan fingerprint density at radius 1 is 0.970 bits per heavy atom. The normalized spacial score (nSPS) is 14.0. The van der Waals surface area contributed by atoms with E-state index in [1.165, 1.54) is 22.4 Å². The van der Waals surface area contributed by atoms with E-state index in [0.717, 1.165) is 37.2 Å². The second-order valence-corrected chi connectivity index (χ2v) is 9.02. The van der Waals surface area contributed by atoms with Crippen molar-refractivity contribution in [1.82, 2.24) is 10.2 Å². The van der Waals surface area contributed by atoms with Gasteiger partial charge in [0.15, 0.2) is 0 Å². The molecule has 4 heteroatoms. The number of nitrogens with one attached hydrogen (secondary N) is 1. The SMILES string of the molecule is Cc1ccc(C(=O)NCc2cccc(C3=CCN(Cc4ccc(N(C)C)cc4)CC3)c2)cc1. The summed E-state index contributed by atoms with van der Waals surface area (Å²) in [7, 11) is 4.14. The number of aryl methyl sites for hydroxylation is 1. The van der Waals surface area contributed by atoms with Crippen LogP contribution in [0.15, 0.2) is 78.9 Å². The predicted molar refractivity (Wildman–Crippen MR) is 137 cm³/mol. The number of carbonyl (C=O) groups is 1. The first kappa shape index (κ1) is 22.8. The molecule has 1 aliphatic rings. The number of hydrogen-bond acceptors (Lipinski definition) is 3. The Bertz CT molecular complexity index is 1110. The zero-order chi connectivity index (χ0) is 23.2. The largest absolute Gasteiger partial charge is 0.378 e. The number of nitrogens with zero attached hydrogens (tertiary/aromatic N) is 2. The molecule has 170 valence electrons. The van der Waals surface area contributed by atoms with Crippen LogP contribution in [0.2, 0.25) is 0 Å². The molecule has 3 aromatic carbocycles. The van der Waals surface area contributed by atoms with Crippen molar-refractivity contribution in [3.05, 3.63) is 107 Å². The van der Waals surface area contributed by atoms with E-state index in [1.807, 2.05) is 31.2 Å². The van der Waals surface area contributed by atoms with Crippen molar-refractivity contribution in [2.75, 3.05) is 32.1 Å². The molecule has 33 heavy (non-hydrogen) atoms. The van der Waals surface area contributed by atoms with Gasteiger partial charge in [0, 0.05) is 51.5 Å². The van der Waals surface area contributed by atoms with E-state index in [9.17, 15) is 4.79 Å². The Hall–Kier alpha value is -3.37. The van der Waals surface area contributed by atoms with Gasteiger partial charge in [0.05, 0.1) is 0 Å². The molecule has 1 heterocycles. The van der Waals surface area contributed by atoms with Crippen LogP contribution < -0.4 is 10.2 Å². The predicted octanol–water partition coefficient (Wildman–Crippen LogP) is 5.28. The van der Waals surface area contributed by atoms with Gasteiger partial charge in [0.25, 0.3) is 5.91 Å². The average molecular weight is 440 g/mol. The second kappa shape index (κ2) is 10.5. The van der Waals surface area contributed by atoms with Gasteiger partial charge in [0.1, 0.15) is 0 Å². The second-order valence-electron chi connectivity index (χ2n) is 9.02. The molecule has 1 amide bonds. The molecule has 0 fully saturated rings. The van der Waals surface area contributed by atoms with E-state index in [4.69, 9.17) is 0 Å². The molecule has 0 spiro atoms. The number of hydrogen-bond donors (Lipinski definition) is 1. The van der Waals surface area contributed by atoms with Gasteiger partial charge in [-0.25, -0.2) is 0 Å². The van der Waals surface area contributed by atoms with Crippen LogP contribution in [-0.4, -0.2) is 38.0 Å². The molecule has 1 aliphatic heterocycles. The third-order valence-electron chi connectivity index (χ3n) is 6.22. The van der Waals surface area contributed by atoms with Crippen molar-refractivity contribution in [1.29, 1.82) is 0 Å². The van der Waals surface area contributed by atoms with Crippen molar-refractivity contribution >= 4 is 17.2 Å². The maximum absolute atomic E-state index is 12.4. The molecule has 0 bridgehead atoms. The van der Waals surface area contributed by atoms with Gasteiger partial charge in [-0.1, -0.05) is 54.1 Å². The molecule has 4 nitrogen and oxygen atoms in total. The minimum Gasteiger partial charge on any atom is -0.378 e. The van der Waals surface area contributed by atoms with Crippen molar-refractivity contribution in [3.63, 3.8) is 0 Å². The van der Waals surface area contributed by atoms with E-state index >= 15 is 0 Å². The molecular weight excluding hydrogens is 406 g/mol. The summed E-state index contributed by atoms with van der Waals surface area (Å²) in [6.07, 6.45) is 3.39. The first-order valence-electron chi connectivity index (χ1n) is 11.6. The average Bonchev–Trinajstić information content (AvgIpc) is 2.84. The highest BCUT2D eigenvalue weighted by atomic mass is 16.1. The summed E-state index contributed by atoms with van der Waals surface area (Å²) in [6, 6.07) is 25.0. The van der Waals surface area contributed by atoms with Crippen molar-refractivity contribution < 1.29 is 4.79 Å². The Labute approximate surface area is 197 Å². The monoisotopic (exact) mass is 439 g/mol. The van der Waals surface area contributed by atoms with Gasteiger partial charge in [0.2, 0.25) is 0 Å². The molecule has 3 aromatic rings. The maximum atomic E-state index is 12.4. The van der Waals surface area contributed by atoms with Crippen molar-refractivity contribution in [2.24, 2.45) is 0 Å². The van der Waals surface area contributed by atoms with E-state index < -0.39 is 0 Å². The third kappa shape index (κ3) is 6.11. The van der Waals surface area contributed by atoms with Crippen LogP contribution in [0.3, 0.4) is 0 Å². The van der Waals surface area contributed by atoms with Crippen LogP contribution in [0.25, 0.3) is 5.57 Å². The lowest BCUT2D eigenvalue weighted by Gasteiger charge is -2.27. The van der Waals surface area contributed by atoms with E-state index in [2.05, 4.69) is 83.8 Å². The number of carbonyl (C=O) groups excluding carboxylic acids is 1. The summed E-state index contributed by atoms with van der Waals surface area (Å²) in [5.41, 5.74) is 8.20. The van der Waals surface area contributed by atoms with Gasteiger partial charge in [-0.3, -0.25) is 9.69 Å². The van der Waals surface area contributed by atoms with Gasteiger partial charge >= 0.3 is 0 Å². The summed E-state index contributed by atoms with van der Waals surface area (Å²) in [5.74, 6) is -0.0356. The molecular formula is C29H33N3O. The standard InChI is InChI=1S/C29H33N3O/c1-22-7-11-26(12-8-22)29(33)30-20-24-5-4-6-27(19-24)25-15-17-32(18-16-25)21-23-9-13-28(14-10-23)31(2)3/h4-15,19H,16-18,20-21H2,1-3H3,(H,30,33). The van der Waals surface area contributed by atoms with Gasteiger partial charge in [-0.15, -0.1) is 0 Å². The number of anilines is 1. The fourth-order valence-electron chi connectivity index (χ4n) is 4.15. The highest BCUT2D eigenvalue weighted by Gasteiger charge is 2.14. The molecule has 0 radical (unpaired) electrons. The first-order chi connectivity index (χ1) is 16.0. The smallest absolute Gasteiger partial charge is 0.251 e. The minimum absolute atomic E-state index is 0.0356. The van der Waals surface area contributed by atoms with Gasteiger partial charge in [-0.2, -0.15) is 0 Å². The van der Waals surface area contributed by atoms with Crippen LogP contribution in [-0.2, 0) is 13.1 Å².